The fraction of sp³-hybridized carbons (Fsp3) is 0.562. The van der Waals surface area contributed by atoms with Crippen LogP contribution < -0.4 is 16.4 Å². The number of ether oxygens (including phenoxy) is 1. The van der Waals surface area contributed by atoms with Crippen LogP contribution in [0.15, 0.2) is 23.1 Å². The molecule has 1 aliphatic rings. The fourth-order valence-corrected chi connectivity index (χ4v) is 3.91. The maximum Gasteiger partial charge on any atom is 0.243 e. The lowest BCUT2D eigenvalue weighted by Gasteiger charge is -2.26. The number of nitrogens with zero attached hydrogens (tertiary/aromatic N) is 1. The SMILES string of the molecule is CCCCNc1ccc(S(=O)(=O)N2CCOCC2)cc1NC(=O)CN. The summed E-state index contributed by atoms with van der Waals surface area (Å²) in [5, 5.41) is 5.89. The summed E-state index contributed by atoms with van der Waals surface area (Å²) in [5.74, 6) is -0.375. The van der Waals surface area contributed by atoms with Crippen molar-refractivity contribution >= 4 is 27.3 Å². The third kappa shape index (κ3) is 5.15. The molecule has 4 N–H and O–H groups in total. The second-order valence-electron chi connectivity index (χ2n) is 5.76. The summed E-state index contributed by atoms with van der Waals surface area (Å²) >= 11 is 0. The van der Waals surface area contributed by atoms with Crippen molar-refractivity contribution < 1.29 is 17.9 Å². The summed E-state index contributed by atoms with van der Waals surface area (Å²) in [5.41, 5.74) is 6.45. The Labute approximate surface area is 148 Å². The smallest absolute Gasteiger partial charge is 0.243 e. The predicted octanol–water partition coefficient (Wildman–Crippen LogP) is 0.817. The van der Waals surface area contributed by atoms with E-state index in [1.165, 1.54) is 10.4 Å². The number of unbranched alkanes of at least 4 members (excludes halogenated alkanes) is 1. The molecule has 1 aromatic rings. The van der Waals surface area contributed by atoms with E-state index in [0.29, 0.717) is 37.7 Å². The van der Waals surface area contributed by atoms with Crippen molar-refractivity contribution in [1.29, 1.82) is 0 Å². The summed E-state index contributed by atoms with van der Waals surface area (Å²) in [6, 6.07) is 4.71. The Morgan fingerprint density at radius 3 is 2.64 bits per heavy atom. The summed E-state index contributed by atoms with van der Waals surface area (Å²) in [6.07, 6.45) is 2.00. The number of carbonyl (C=O) groups excluding carboxylic acids is 1. The van der Waals surface area contributed by atoms with E-state index in [-0.39, 0.29) is 17.3 Å². The topological polar surface area (TPSA) is 114 Å². The molecule has 2 rings (SSSR count). The molecule has 0 spiro atoms. The second kappa shape index (κ2) is 9.14. The standard InChI is InChI=1S/C16H26N4O4S/c1-2-3-6-18-14-5-4-13(11-15(14)19-16(21)12-17)25(22,23)20-7-9-24-10-8-20/h4-5,11,18H,2-3,6-10,12,17H2,1H3,(H,19,21). The van der Waals surface area contributed by atoms with Gasteiger partial charge in [-0.05, 0) is 24.6 Å². The molecule has 1 aromatic carbocycles. The van der Waals surface area contributed by atoms with E-state index in [4.69, 9.17) is 10.5 Å². The van der Waals surface area contributed by atoms with E-state index in [1.54, 1.807) is 12.1 Å². The minimum atomic E-state index is -3.63. The summed E-state index contributed by atoms with van der Waals surface area (Å²) in [6.45, 7) is 4.05. The first kappa shape index (κ1) is 19.6. The number of hydrogen-bond acceptors (Lipinski definition) is 6. The number of morpholine rings is 1. The first-order chi connectivity index (χ1) is 12.0. The van der Waals surface area contributed by atoms with Gasteiger partial charge in [-0.3, -0.25) is 4.79 Å². The van der Waals surface area contributed by atoms with E-state index < -0.39 is 10.0 Å². The lowest BCUT2D eigenvalue weighted by atomic mass is 10.2. The highest BCUT2D eigenvalue weighted by molar-refractivity contribution is 7.89. The zero-order valence-electron chi connectivity index (χ0n) is 14.5. The Hall–Kier alpha value is -1.68. The average molecular weight is 370 g/mol. The minimum absolute atomic E-state index is 0.141. The number of nitrogens with one attached hydrogen (secondary N) is 2. The van der Waals surface area contributed by atoms with Crippen molar-refractivity contribution in [1.82, 2.24) is 4.31 Å². The Morgan fingerprint density at radius 1 is 1.28 bits per heavy atom. The van der Waals surface area contributed by atoms with Crippen LogP contribution in [0.5, 0.6) is 0 Å². The zero-order chi connectivity index (χ0) is 18.3. The molecule has 0 aliphatic carbocycles. The van der Waals surface area contributed by atoms with Gasteiger partial charge in [0.15, 0.2) is 0 Å². The van der Waals surface area contributed by atoms with E-state index >= 15 is 0 Å². The van der Waals surface area contributed by atoms with Crippen LogP contribution >= 0.6 is 0 Å². The molecule has 25 heavy (non-hydrogen) atoms. The van der Waals surface area contributed by atoms with Crippen LogP contribution in [0.4, 0.5) is 11.4 Å². The number of amides is 1. The molecule has 0 aromatic heterocycles. The van der Waals surface area contributed by atoms with Gasteiger partial charge in [0.05, 0.1) is 36.0 Å². The number of sulfonamides is 1. The number of nitrogens with two attached hydrogens (primary N) is 1. The first-order valence-corrected chi connectivity index (χ1v) is 9.88. The highest BCUT2D eigenvalue weighted by Gasteiger charge is 2.27. The van der Waals surface area contributed by atoms with Crippen molar-refractivity contribution in [3.05, 3.63) is 18.2 Å². The molecular weight excluding hydrogens is 344 g/mol. The molecule has 1 heterocycles. The van der Waals surface area contributed by atoms with Gasteiger partial charge < -0.3 is 21.1 Å². The Balaban J connectivity index is 2.29. The molecule has 1 aliphatic heterocycles. The third-order valence-electron chi connectivity index (χ3n) is 3.90. The summed E-state index contributed by atoms with van der Waals surface area (Å²) in [4.78, 5) is 11.8. The molecule has 1 saturated heterocycles. The molecule has 0 saturated carbocycles. The Kier molecular flexibility index (Phi) is 7.18. The first-order valence-electron chi connectivity index (χ1n) is 8.44. The Morgan fingerprint density at radius 2 is 2.00 bits per heavy atom. The minimum Gasteiger partial charge on any atom is -0.383 e. The van der Waals surface area contributed by atoms with Gasteiger partial charge in [-0.15, -0.1) is 0 Å². The van der Waals surface area contributed by atoms with Crippen LogP contribution in [-0.4, -0.2) is 58.0 Å². The number of benzene rings is 1. The van der Waals surface area contributed by atoms with E-state index in [0.717, 1.165) is 19.4 Å². The number of hydrogen-bond donors (Lipinski definition) is 3. The fourth-order valence-electron chi connectivity index (χ4n) is 2.48. The van der Waals surface area contributed by atoms with E-state index in [2.05, 4.69) is 17.6 Å². The van der Waals surface area contributed by atoms with Crippen LogP contribution in [0.1, 0.15) is 19.8 Å². The quantitative estimate of drug-likeness (QED) is 0.584. The molecule has 9 heteroatoms. The van der Waals surface area contributed by atoms with Gasteiger partial charge >= 0.3 is 0 Å². The molecule has 0 unspecified atom stereocenters. The molecule has 0 bridgehead atoms. The maximum atomic E-state index is 12.8. The highest BCUT2D eigenvalue weighted by atomic mass is 32.2. The van der Waals surface area contributed by atoms with Crippen LogP contribution in [0, 0.1) is 0 Å². The van der Waals surface area contributed by atoms with Crippen molar-refractivity contribution in [2.45, 2.75) is 24.7 Å². The molecule has 1 fully saturated rings. The van der Waals surface area contributed by atoms with Gasteiger partial charge in [-0.2, -0.15) is 4.31 Å². The van der Waals surface area contributed by atoms with Gasteiger partial charge in [-0.25, -0.2) is 8.42 Å². The molecule has 1 amide bonds. The normalized spacial score (nSPS) is 15.8. The molecular formula is C16H26N4O4S. The van der Waals surface area contributed by atoms with Crippen LogP contribution in [0.2, 0.25) is 0 Å². The summed E-state index contributed by atoms with van der Waals surface area (Å²) < 4.78 is 32.2. The monoisotopic (exact) mass is 370 g/mol. The lowest BCUT2D eigenvalue weighted by Crippen LogP contribution is -2.40. The number of carbonyl (C=O) groups is 1. The zero-order valence-corrected chi connectivity index (χ0v) is 15.3. The summed E-state index contributed by atoms with van der Waals surface area (Å²) in [7, 11) is -3.63. The van der Waals surface area contributed by atoms with Gasteiger partial charge in [0, 0.05) is 19.6 Å². The van der Waals surface area contributed by atoms with Crippen LogP contribution in [0.25, 0.3) is 0 Å². The maximum absolute atomic E-state index is 12.8. The average Bonchev–Trinajstić information content (AvgIpc) is 2.63. The number of rotatable bonds is 8. The molecule has 8 nitrogen and oxygen atoms in total. The third-order valence-corrected chi connectivity index (χ3v) is 5.80. The molecule has 0 atom stereocenters. The van der Waals surface area contributed by atoms with Crippen molar-refractivity contribution in [3.63, 3.8) is 0 Å². The van der Waals surface area contributed by atoms with Crippen molar-refractivity contribution in [2.24, 2.45) is 5.73 Å². The number of anilines is 2. The van der Waals surface area contributed by atoms with Gasteiger partial charge in [0.1, 0.15) is 0 Å². The van der Waals surface area contributed by atoms with E-state index in [1.807, 2.05) is 0 Å². The van der Waals surface area contributed by atoms with E-state index in [9.17, 15) is 13.2 Å². The lowest BCUT2D eigenvalue weighted by molar-refractivity contribution is -0.114. The predicted molar refractivity (Wildman–Crippen MR) is 97.1 cm³/mol. The van der Waals surface area contributed by atoms with Crippen LogP contribution in [-0.2, 0) is 19.6 Å². The largest absolute Gasteiger partial charge is 0.383 e. The molecule has 0 radical (unpaired) electrons. The van der Waals surface area contributed by atoms with Crippen LogP contribution in [0.3, 0.4) is 0 Å². The second-order valence-corrected chi connectivity index (χ2v) is 7.69. The van der Waals surface area contributed by atoms with Gasteiger partial charge in [0.2, 0.25) is 15.9 Å². The van der Waals surface area contributed by atoms with Gasteiger partial charge in [-0.1, -0.05) is 13.3 Å². The van der Waals surface area contributed by atoms with Crippen molar-refractivity contribution in [2.75, 3.05) is 50.0 Å². The molecule has 140 valence electrons. The Bertz CT molecular complexity index is 687. The highest BCUT2D eigenvalue weighted by Crippen LogP contribution is 2.27. The van der Waals surface area contributed by atoms with Crippen molar-refractivity contribution in [3.8, 4) is 0 Å². The van der Waals surface area contributed by atoms with Gasteiger partial charge in [0.25, 0.3) is 0 Å².